The van der Waals surface area contributed by atoms with E-state index in [1.807, 2.05) is 38.1 Å². The minimum atomic E-state index is -0.456. The predicted octanol–water partition coefficient (Wildman–Crippen LogP) is 3.42. The van der Waals surface area contributed by atoms with Crippen LogP contribution in [-0.4, -0.2) is 38.6 Å². The lowest BCUT2D eigenvalue weighted by Gasteiger charge is -2.45. The third kappa shape index (κ3) is 3.13. The van der Waals surface area contributed by atoms with Crippen molar-refractivity contribution in [2.24, 2.45) is 0 Å². The van der Waals surface area contributed by atoms with Gasteiger partial charge in [0.25, 0.3) is 0 Å². The molecule has 0 aliphatic carbocycles. The molecule has 0 spiro atoms. The zero-order valence-corrected chi connectivity index (χ0v) is 13.5. The number of aromatic nitrogens is 2. The van der Waals surface area contributed by atoms with Gasteiger partial charge in [0.1, 0.15) is 11.9 Å². The summed E-state index contributed by atoms with van der Waals surface area (Å²) in [4.78, 5) is 22.7. The van der Waals surface area contributed by atoms with E-state index in [4.69, 9.17) is 4.74 Å². The van der Waals surface area contributed by atoms with Crippen molar-refractivity contribution >= 4 is 11.7 Å². The third-order valence-corrected chi connectivity index (χ3v) is 4.17. The largest absolute Gasteiger partial charge is 0.444 e. The highest BCUT2D eigenvalue weighted by atomic mass is 16.6. The maximum atomic E-state index is 12.5. The van der Waals surface area contributed by atoms with Gasteiger partial charge in [-0.05, 0) is 52.0 Å². The molecule has 0 radical (unpaired) electrons. The summed E-state index contributed by atoms with van der Waals surface area (Å²) in [5, 5.41) is 0. The molecular weight excluding hydrogens is 278 g/mol. The highest BCUT2D eigenvalue weighted by Gasteiger charge is 2.39. The predicted molar refractivity (Wildman–Crippen MR) is 84.1 cm³/mol. The van der Waals surface area contributed by atoms with Crippen LogP contribution in [0.15, 0.2) is 24.8 Å². The van der Waals surface area contributed by atoms with Gasteiger partial charge in [-0.15, -0.1) is 0 Å². The van der Waals surface area contributed by atoms with E-state index in [9.17, 15) is 4.79 Å². The van der Waals surface area contributed by atoms with Crippen LogP contribution in [0, 0.1) is 0 Å². The Labute approximate surface area is 131 Å². The maximum absolute atomic E-state index is 12.5. The van der Waals surface area contributed by atoms with Crippen LogP contribution in [-0.2, 0) is 4.74 Å². The van der Waals surface area contributed by atoms with Gasteiger partial charge >= 0.3 is 6.09 Å². The van der Waals surface area contributed by atoms with Gasteiger partial charge in [-0.2, -0.15) is 0 Å². The molecular formula is C17H23N3O2. The Balaban J connectivity index is 1.84. The average Bonchev–Trinajstić information content (AvgIpc) is 2.45. The maximum Gasteiger partial charge on any atom is 0.411 e. The van der Waals surface area contributed by atoms with Gasteiger partial charge in [0.05, 0.1) is 6.04 Å². The van der Waals surface area contributed by atoms with Crippen molar-refractivity contribution in [1.82, 2.24) is 14.9 Å². The molecule has 1 amide bonds. The second-order valence-corrected chi connectivity index (χ2v) is 7.06. The number of carbonyl (C=O) groups is 1. The molecule has 2 unspecified atom stereocenters. The first-order valence-electron chi connectivity index (χ1n) is 7.91. The molecule has 118 valence electrons. The Bertz CT molecular complexity index is 577. The lowest BCUT2D eigenvalue weighted by Crippen LogP contribution is -2.53. The van der Waals surface area contributed by atoms with E-state index in [1.165, 1.54) is 5.57 Å². The fourth-order valence-corrected chi connectivity index (χ4v) is 3.31. The van der Waals surface area contributed by atoms with E-state index in [1.54, 1.807) is 6.33 Å². The summed E-state index contributed by atoms with van der Waals surface area (Å²) in [6.07, 6.45) is 11.3. The van der Waals surface area contributed by atoms with Crippen LogP contribution in [0.3, 0.4) is 0 Å². The van der Waals surface area contributed by atoms with Crippen LogP contribution in [0.5, 0.6) is 0 Å². The molecule has 0 N–H and O–H groups in total. The average molecular weight is 301 g/mol. The molecule has 0 aromatic carbocycles. The summed E-state index contributed by atoms with van der Waals surface area (Å²) >= 11 is 0. The van der Waals surface area contributed by atoms with Gasteiger partial charge in [-0.25, -0.2) is 14.8 Å². The molecule has 3 heterocycles. The Morgan fingerprint density at radius 2 is 2.00 bits per heavy atom. The lowest BCUT2D eigenvalue weighted by atomic mass is 9.83. The Morgan fingerprint density at radius 1 is 1.27 bits per heavy atom. The SMILES string of the molecule is CC(C)(C)OC(=O)N1C2C=C(c3cncnc3)CC1CCC2. The van der Waals surface area contributed by atoms with Gasteiger partial charge < -0.3 is 4.74 Å². The van der Waals surface area contributed by atoms with E-state index >= 15 is 0 Å². The topological polar surface area (TPSA) is 55.3 Å². The summed E-state index contributed by atoms with van der Waals surface area (Å²) in [6, 6.07) is 0.339. The number of hydrogen-bond donors (Lipinski definition) is 0. The molecule has 1 aromatic rings. The van der Waals surface area contributed by atoms with Crippen molar-refractivity contribution in [2.75, 3.05) is 0 Å². The second-order valence-electron chi connectivity index (χ2n) is 7.06. The number of amides is 1. The molecule has 3 rings (SSSR count). The Kier molecular flexibility index (Phi) is 3.89. The van der Waals surface area contributed by atoms with Crippen LogP contribution in [0.25, 0.3) is 5.57 Å². The van der Waals surface area contributed by atoms with Crippen molar-refractivity contribution in [1.29, 1.82) is 0 Å². The molecule has 2 bridgehead atoms. The molecule has 22 heavy (non-hydrogen) atoms. The molecule has 2 atom stereocenters. The Hall–Kier alpha value is -1.91. The van der Waals surface area contributed by atoms with Gasteiger partial charge in [-0.1, -0.05) is 6.08 Å². The minimum Gasteiger partial charge on any atom is -0.444 e. The van der Waals surface area contributed by atoms with Crippen molar-refractivity contribution < 1.29 is 9.53 Å². The van der Waals surface area contributed by atoms with Gasteiger partial charge in [0, 0.05) is 24.0 Å². The summed E-state index contributed by atoms with van der Waals surface area (Å²) in [6.45, 7) is 5.73. The number of nitrogens with zero attached hydrogens (tertiary/aromatic N) is 3. The highest BCUT2D eigenvalue weighted by molar-refractivity contribution is 5.74. The fraction of sp³-hybridized carbons (Fsp3) is 0.588. The van der Waals surface area contributed by atoms with E-state index in [2.05, 4.69) is 16.0 Å². The van der Waals surface area contributed by atoms with Crippen molar-refractivity contribution in [3.8, 4) is 0 Å². The quantitative estimate of drug-likeness (QED) is 0.797. The van der Waals surface area contributed by atoms with Crippen LogP contribution in [0.2, 0.25) is 0 Å². The number of rotatable bonds is 1. The van der Waals surface area contributed by atoms with Crippen molar-refractivity contribution in [3.63, 3.8) is 0 Å². The van der Waals surface area contributed by atoms with E-state index in [0.29, 0.717) is 0 Å². The van der Waals surface area contributed by atoms with Crippen molar-refractivity contribution in [2.45, 2.75) is 64.1 Å². The lowest BCUT2D eigenvalue weighted by molar-refractivity contribution is 0.0000851. The van der Waals surface area contributed by atoms with Gasteiger partial charge in [0.15, 0.2) is 0 Å². The highest BCUT2D eigenvalue weighted by Crippen LogP contribution is 2.37. The summed E-state index contributed by atoms with van der Waals surface area (Å²) in [5.74, 6) is 0. The van der Waals surface area contributed by atoms with Gasteiger partial charge in [-0.3, -0.25) is 4.90 Å². The summed E-state index contributed by atoms with van der Waals surface area (Å²) in [5.41, 5.74) is 1.85. The first-order valence-corrected chi connectivity index (χ1v) is 7.91. The first-order chi connectivity index (χ1) is 10.4. The smallest absolute Gasteiger partial charge is 0.411 e. The zero-order valence-electron chi connectivity index (χ0n) is 13.5. The van der Waals surface area contributed by atoms with Crippen molar-refractivity contribution in [3.05, 3.63) is 30.4 Å². The summed E-state index contributed by atoms with van der Waals surface area (Å²) in [7, 11) is 0. The second kappa shape index (κ2) is 5.71. The first kappa shape index (κ1) is 15.0. The fourth-order valence-electron chi connectivity index (χ4n) is 3.31. The molecule has 1 aromatic heterocycles. The number of fused-ring (bicyclic) bond motifs is 2. The standard InChI is InChI=1S/C17H23N3O2/c1-17(2,3)22-16(21)20-14-5-4-6-15(20)8-12(7-14)13-9-18-11-19-10-13/h7,9-11,14-15H,4-6,8H2,1-3H3. The third-order valence-electron chi connectivity index (χ3n) is 4.17. The monoisotopic (exact) mass is 301 g/mol. The minimum absolute atomic E-state index is 0.123. The zero-order chi connectivity index (χ0) is 15.7. The number of carbonyl (C=O) groups excluding carboxylic acids is 1. The molecule has 0 saturated carbocycles. The molecule has 2 aliphatic rings. The molecule has 5 heteroatoms. The number of ether oxygens (including phenoxy) is 1. The molecule has 1 fully saturated rings. The molecule has 1 saturated heterocycles. The number of piperidine rings is 1. The van der Waals surface area contributed by atoms with Crippen LogP contribution < -0.4 is 0 Å². The van der Waals surface area contributed by atoms with Crippen LogP contribution in [0.1, 0.15) is 52.0 Å². The molecule has 2 aliphatic heterocycles. The van der Waals surface area contributed by atoms with Crippen LogP contribution in [0.4, 0.5) is 4.79 Å². The molecule has 5 nitrogen and oxygen atoms in total. The van der Waals surface area contributed by atoms with E-state index in [-0.39, 0.29) is 18.2 Å². The Morgan fingerprint density at radius 3 is 2.64 bits per heavy atom. The van der Waals surface area contributed by atoms with Crippen LogP contribution >= 0.6 is 0 Å². The van der Waals surface area contributed by atoms with E-state index < -0.39 is 5.60 Å². The normalized spacial score (nSPS) is 24.7. The summed E-state index contributed by atoms with van der Waals surface area (Å²) < 4.78 is 5.59. The van der Waals surface area contributed by atoms with Gasteiger partial charge in [0.2, 0.25) is 0 Å². The number of hydrogen-bond acceptors (Lipinski definition) is 4. The van der Waals surface area contributed by atoms with E-state index in [0.717, 1.165) is 31.2 Å².